The number of hydrogen-bond acceptors (Lipinski definition) is 5. The van der Waals surface area contributed by atoms with Crippen LogP contribution in [0.1, 0.15) is 35.8 Å². The van der Waals surface area contributed by atoms with Gasteiger partial charge in [0.05, 0.1) is 0 Å². The van der Waals surface area contributed by atoms with E-state index < -0.39 is 10.0 Å². The van der Waals surface area contributed by atoms with Crippen molar-refractivity contribution < 1.29 is 13.2 Å². The molecule has 1 atom stereocenters. The van der Waals surface area contributed by atoms with Crippen LogP contribution in [0.5, 0.6) is 0 Å². The average molecular weight is 464 g/mol. The van der Waals surface area contributed by atoms with Gasteiger partial charge in [-0.3, -0.25) is 4.79 Å². The first-order chi connectivity index (χ1) is 15.9. The molecule has 0 radical (unpaired) electrons. The molecule has 0 spiro atoms. The van der Waals surface area contributed by atoms with Crippen molar-refractivity contribution in [2.45, 2.75) is 23.8 Å². The van der Waals surface area contributed by atoms with Gasteiger partial charge in [-0.05, 0) is 30.5 Å². The summed E-state index contributed by atoms with van der Waals surface area (Å²) in [5.41, 5.74) is 1.61. The number of fused-ring (bicyclic) bond motifs is 1. The van der Waals surface area contributed by atoms with Gasteiger partial charge >= 0.3 is 0 Å². The molecule has 3 aromatic rings. The molecule has 1 amide bonds. The molecule has 3 heterocycles. The number of likely N-dealkylation sites (tertiary alicyclic amines) is 1. The first-order valence-corrected chi connectivity index (χ1v) is 12.4. The number of piperidine rings is 1. The fraction of sp³-hybridized carbons (Fsp3) is 0.292. The van der Waals surface area contributed by atoms with Crippen LogP contribution < -0.4 is 5.32 Å². The number of hydrogen-bond donors (Lipinski definition) is 1. The summed E-state index contributed by atoms with van der Waals surface area (Å²) in [6.07, 6.45) is 4.83. The van der Waals surface area contributed by atoms with E-state index in [1.807, 2.05) is 59.1 Å². The van der Waals surface area contributed by atoms with Crippen LogP contribution in [0.2, 0.25) is 0 Å². The lowest BCUT2D eigenvalue weighted by Crippen LogP contribution is -2.44. The second-order valence-corrected chi connectivity index (χ2v) is 9.97. The Bertz CT molecular complexity index is 1310. The van der Waals surface area contributed by atoms with Gasteiger partial charge in [0, 0.05) is 44.0 Å². The van der Waals surface area contributed by atoms with E-state index >= 15 is 0 Å². The number of nitrogens with one attached hydrogen (secondary N) is 1. The summed E-state index contributed by atoms with van der Waals surface area (Å²) in [4.78, 5) is 19.9. The molecule has 1 N–H and O–H groups in total. The maximum absolute atomic E-state index is 13.2. The zero-order valence-electron chi connectivity index (χ0n) is 18.3. The standard InChI is InChI=1S/C24H25N5O3S/c1-28-16-13-25-23(28)21(17-7-3-2-4-8-17)26-24(30)18-11-14-29(15-12-18)22-19-9-5-6-10-20(19)33(31,32)27-22/h2-10,13,16,18,21H,11-12,14-15H2,1H3,(H,26,30)/t21-/m1/s1. The lowest BCUT2D eigenvalue weighted by molar-refractivity contribution is -0.126. The lowest BCUT2D eigenvalue weighted by atomic mass is 9.94. The van der Waals surface area contributed by atoms with E-state index in [0.29, 0.717) is 37.3 Å². The molecule has 33 heavy (non-hydrogen) atoms. The van der Waals surface area contributed by atoms with Crippen molar-refractivity contribution in [1.29, 1.82) is 0 Å². The third-order valence-electron chi connectivity index (χ3n) is 6.31. The molecule has 2 aromatic carbocycles. The summed E-state index contributed by atoms with van der Waals surface area (Å²) in [6, 6.07) is 16.4. The Morgan fingerprint density at radius 3 is 2.45 bits per heavy atom. The van der Waals surface area contributed by atoms with Gasteiger partial charge < -0.3 is 14.8 Å². The summed E-state index contributed by atoms with van der Waals surface area (Å²) < 4.78 is 30.7. The van der Waals surface area contributed by atoms with Crippen LogP contribution >= 0.6 is 0 Å². The molecule has 9 heteroatoms. The van der Waals surface area contributed by atoms with Crippen molar-refractivity contribution in [3.63, 3.8) is 0 Å². The van der Waals surface area contributed by atoms with Crippen LogP contribution in [0.4, 0.5) is 0 Å². The number of amidine groups is 1. The first-order valence-electron chi connectivity index (χ1n) is 11.0. The van der Waals surface area contributed by atoms with Crippen LogP contribution in [0, 0.1) is 5.92 Å². The van der Waals surface area contributed by atoms with Crippen molar-refractivity contribution in [1.82, 2.24) is 19.8 Å². The summed E-state index contributed by atoms with van der Waals surface area (Å²) in [5, 5.41) is 3.19. The highest BCUT2D eigenvalue weighted by molar-refractivity contribution is 7.90. The van der Waals surface area contributed by atoms with Crippen LogP contribution in [0.15, 0.2) is 76.3 Å². The molecule has 170 valence electrons. The molecule has 0 aliphatic carbocycles. The van der Waals surface area contributed by atoms with Gasteiger partial charge in [-0.15, -0.1) is 4.40 Å². The largest absolute Gasteiger partial charge is 0.355 e. The van der Waals surface area contributed by atoms with E-state index in [1.165, 1.54) is 0 Å². The monoisotopic (exact) mass is 463 g/mol. The van der Waals surface area contributed by atoms with Gasteiger partial charge in [-0.25, -0.2) is 4.98 Å². The zero-order chi connectivity index (χ0) is 23.0. The molecule has 8 nitrogen and oxygen atoms in total. The third kappa shape index (κ3) is 4.04. The Hall–Kier alpha value is -3.46. The smallest absolute Gasteiger partial charge is 0.285 e. The second kappa shape index (κ2) is 8.47. The first kappa shape index (κ1) is 21.4. The summed E-state index contributed by atoms with van der Waals surface area (Å²) in [7, 11) is -1.74. The molecule has 0 bridgehead atoms. The number of nitrogens with zero attached hydrogens (tertiary/aromatic N) is 4. The van der Waals surface area contributed by atoms with Gasteiger partial charge in [0.25, 0.3) is 10.0 Å². The fourth-order valence-electron chi connectivity index (χ4n) is 4.53. The van der Waals surface area contributed by atoms with E-state index in [4.69, 9.17) is 0 Å². The third-order valence-corrected chi connectivity index (χ3v) is 7.64. The molecule has 1 aromatic heterocycles. The minimum Gasteiger partial charge on any atom is -0.355 e. The fourth-order valence-corrected chi connectivity index (χ4v) is 5.76. The number of rotatable bonds is 4. The van der Waals surface area contributed by atoms with Gasteiger partial charge in [-0.2, -0.15) is 8.42 Å². The number of carbonyl (C=O) groups excluding carboxylic acids is 1. The minimum absolute atomic E-state index is 0.0205. The Balaban J connectivity index is 1.30. The molecule has 1 saturated heterocycles. The van der Waals surface area contributed by atoms with E-state index in [2.05, 4.69) is 14.7 Å². The Morgan fingerprint density at radius 1 is 1.06 bits per heavy atom. The SMILES string of the molecule is Cn1ccnc1[C@H](NC(=O)C1CCN(C2=NS(=O)(=O)c3ccccc32)CC1)c1ccccc1. The number of carbonyl (C=O) groups is 1. The number of aromatic nitrogens is 2. The van der Waals surface area contributed by atoms with Crippen LogP contribution in [-0.2, 0) is 21.9 Å². The van der Waals surface area contributed by atoms with Gasteiger partial charge in [0.1, 0.15) is 16.8 Å². The topological polar surface area (TPSA) is 96.7 Å². The zero-order valence-corrected chi connectivity index (χ0v) is 19.1. The number of amides is 1. The number of sulfonamides is 1. The molecule has 2 aliphatic heterocycles. The average Bonchev–Trinajstić information content (AvgIpc) is 3.38. The summed E-state index contributed by atoms with van der Waals surface area (Å²) in [5.74, 6) is 1.07. The van der Waals surface area contributed by atoms with Gasteiger partial charge in [-0.1, -0.05) is 42.5 Å². The van der Waals surface area contributed by atoms with Crippen LogP contribution in [-0.4, -0.2) is 47.7 Å². The van der Waals surface area contributed by atoms with E-state index in [0.717, 1.165) is 11.4 Å². The van der Waals surface area contributed by atoms with Crippen molar-refractivity contribution in [2.75, 3.05) is 13.1 Å². The Morgan fingerprint density at radius 2 is 1.76 bits per heavy atom. The highest BCUT2D eigenvalue weighted by Crippen LogP contribution is 2.30. The van der Waals surface area contributed by atoms with Crippen molar-refractivity contribution in [3.8, 4) is 0 Å². The van der Waals surface area contributed by atoms with Crippen LogP contribution in [0.3, 0.4) is 0 Å². The number of imidazole rings is 1. The minimum atomic E-state index is -3.65. The normalized spacial score (nSPS) is 18.5. The van der Waals surface area contributed by atoms with Crippen LogP contribution in [0.25, 0.3) is 0 Å². The van der Waals surface area contributed by atoms with E-state index in [1.54, 1.807) is 24.4 Å². The molecule has 5 rings (SSSR count). The summed E-state index contributed by atoms with van der Waals surface area (Å²) in [6.45, 7) is 1.14. The molecule has 0 saturated carbocycles. The second-order valence-electron chi connectivity index (χ2n) is 8.40. The molecular weight excluding hydrogens is 438 g/mol. The predicted molar refractivity (Wildman–Crippen MR) is 124 cm³/mol. The Kier molecular flexibility index (Phi) is 5.49. The van der Waals surface area contributed by atoms with E-state index in [-0.39, 0.29) is 22.8 Å². The van der Waals surface area contributed by atoms with E-state index in [9.17, 15) is 13.2 Å². The Labute approximate surface area is 193 Å². The predicted octanol–water partition coefficient (Wildman–Crippen LogP) is 2.49. The quantitative estimate of drug-likeness (QED) is 0.641. The highest BCUT2D eigenvalue weighted by Gasteiger charge is 2.35. The molecular formula is C24H25N5O3S. The number of aryl methyl sites for hydroxylation is 1. The molecule has 1 fully saturated rings. The molecule has 2 aliphatic rings. The molecule has 0 unspecified atom stereocenters. The van der Waals surface area contributed by atoms with Crippen molar-refractivity contribution in [2.24, 2.45) is 17.4 Å². The van der Waals surface area contributed by atoms with Crippen molar-refractivity contribution >= 4 is 21.8 Å². The van der Waals surface area contributed by atoms with Gasteiger partial charge in [0.2, 0.25) is 5.91 Å². The summed E-state index contributed by atoms with van der Waals surface area (Å²) >= 11 is 0. The maximum Gasteiger partial charge on any atom is 0.285 e. The maximum atomic E-state index is 13.2. The number of benzene rings is 2. The van der Waals surface area contributed by atoms with Gasteiger partial charge in [0.15, 0.2) is 5.84 Å². The van der Waals surface area contributed by atoms with Crippen molar-refractivity contribution in [3.05, 3.63) is 83.9 Å². The highest BCUT2D eigenvalue weighted by atomic mass is 32.2. The lowest BCUT2D eigenvalue weighted by Gasteiger charge is -2.33.